The minimum absolute atomic E-state index is 0.0888. The van der Waals surface area contributed by atoms with E-state index in [1.807, 2.05) is 0 Å². The van der Waals surface area contributed by atoms with Crippen LogP contribution >= 0.6 is 0 Å². The molecule has 0 spiro atoms. The fourth-order valence-electron chi connectivity index (χ4n) is 3.09. The van der Waals surface area contributed by atoms with Crippen LogP contribution in [0.4, 0.5) is 5.82 Å². The van der Waals surface area contributed by atoms with E-state index in [2.05, 4.69) is 63.9 Å². The van der Waals surface area contributed by atoms with Gasteiger partial charge in [-0.1, -0.05) is 34.6 Å². The first-order valence-electron chi connectivity index (χ1n) is 8.30. The number of anilines is 1. The second-order valence-corrected chi connectivity index (χ2v) is 7.59. The lowest BCUT2D eigenvalue weighted by Crippen LogP contribution is -2.29. The predicted molar refractivity (Wildman–Crippen MR) is 90.9 cm³/mol. The topological polar surface area (TPSA) is 28.2 Å². The van der Waals surface area contributed by atoms with E-state index >= 15 is 0 Å². The van der Waals surface area contributed by atoms with Gasteiger partial charge in [-0.2, -0.15) is 0 Å². The Hall–Kier alpha value is -1.09. The zero-order valence-corrected chi connectivity index (χ0v) is 14.5. The van der Waals surface area contributed by atoms with Gasteiger partial charge in [0.1, 0.15) is 5.82 Å². The van der Waals surface area contributed by atoms with Crippen LogP contribution in [0, 0.1) is 5.92 Å². The van der Waals surface area contributed by atoms with Crippen molar-refractivity contribution in [3.05, 3.63) is 23.4 Å². The largest absolute Gasteiger partial charge is 0.354 e. The van der Waals surface area contributed by atoms with Gasteiger partial charge in [-0.05, 0) is 43.5 Å². The summed E-state index contributed by atoms with van der Waals surface area (Å²) in [6, 6.07) is 5.12. The van der Waals surface area contributed by atoms with Crippen LogP contribution in [0.25, 0.3) is 0 Å². The Morgan fingerprint density at radius 2 is 2.00 bits per heavy atom. The van der Waals surface area contributed by atoms with E-state index in [1.165, 1.54) is 17.7 Å². The van der Waals surface area contributed by atoms with E-state index in [0.29, 0.717) is 6.04 Å². The summed E-state index contributed by atoms with van der Waals surface area (Å²) in [4.78, 5) is 7.46. The van der Waals surface area contributed by atoms with Crippen molar-refractivity contribution in [3.63, 3.8) is 0 Å². The molecular formula is C18H31N3. The molecule has 2 atom stereocenters. The van der Waals surface area contributed by atoms with Crippen LogP contribution < -0.4 is 10.2 Å². The summed E-state index contributed by atoms with van der Waals surface area (Å²) in [6.07, 6.45) is 1.27. The Kier molecular flexibility index (Phi) is 4.92. The number of pyridine rings is 1. The minimum Gasteiger partial charge on any atom is -0.354 e. The molecule has 2 unspecified atom stereocenters. The summed E-state index contributed by atoms with van der Waals surface area (Å²) in [5, 5.41) is 3.43. The summed E-state index contributed by atoms with van der Waals surface area (Å²) >= 11 is 0. The zero-order valence-electron chi connectivity index (χ0n) is 14.5. The van der Waals surface area contributed by atoms with Gasteiger partial charge in [0.15, 0.2) is 0 Å². The van der Waals surface area contributed by atoms with E-state index in [-0.39, 0.29) is 5.41 Å². The highest BCUT2D eigenvalue weighted by molar-refractivity contribution is 5.46. The molecule has 3 nitrogen and oxygen atoms in total. The first-order chi connectivity index (χ1) is 9.81. The van der Waals surface area contributed by atoms with E-state index < -0.39 is 0 Å². The maximum absolute atomic E-state index is 4.98. The highest BCUT2D eigenvalue weighted by Gasteiger charge is 2.28. The second kappa shape index (κ2) is 6.35. The molecule has 1 N–H and O–H groups in total. The van der Waals surface area contributed by atoms with Gasteiger partial charge < -0.3 is 10.2 Å². The van der Waals surface area contributed by atoms with Crippen molar-refractivity contribution in [1.29, 1.82) is 0 Å². The maximum Gasteiger partial charge on any atom is 0.129 e. The number of hydrogen-bond donors (Lipinski definition) is 1. The number of nitrogens with zero attached hydrogens (tertiary/aromatic N) is 2. The molecule has 0 aliphatic carbocycles. The summed E-state index contributed by atoms with van der Waals surface area (Å²) in [5.74, 6) is 1.92. The molecule has 0 saturated carbocycles. The van der Waals surface area contributed by atoms with Gasteiger partial charge in [0, 0.05) is 30.2 Å². The van der Waals surface area contributed by atoms with E-state index in [4.69, 9.17) is 4.98 Å². The van der Waals surface area contributed by atoms with Crippen molar-refractivity contribution in [2.45, 2.75) is 66.0 Å². The Labute approximate surface area is 130 Å². The van der Waals surface area contributed by atoms with Crippen molar-refractivity contribution in [2.75, 3.05) is 18.0 Å². The first-order valence-corrected chi connectivity index (χ1v) is 8.30. The Bertz CT molecular complexity index is 476. The quantitative estimate of drug-likeness (QED) is 0.915. The van der Waals surface area contributed by atoms with Crippen LogP contribution in [0.3, 0.4) is 0 Å². The SMILES string of the molecule is CCNCc1cc(N2CC(C)CC2C)nc(C(C)(C)C)c1. The molecule has 3 heteroatoms. The van der Waals surface area contributed by atoms with Crippen molar-refractivity contribution in [1.82, 2.24) is 10.3 Å². The van der Waals surface area contributed by atoms with Crippen LogP contribution in [0.15, 0.2) is 12.1 Å². The molecule has 0 radical (unpaired) electrons. The van der Waals surface area contributed by atoms with Crippen molar-refractivity contribution in [3.8, 4) is 0 Å². The van der Waals surface area contributed by atoms with Gasteiger partial charge in [-0.25, -0.2) is 4.98 Å². The van der Waals surface area contributed by atoms with Crippen LogP contribution in [-0.2, 0) is 12.0 Å². The van der Waals surface area contributed by atoms with E-state index in [0.717, 1.165) is 31.4 Å². The maximum atomic E-state index is 4.98. The van der Waals surface area contributed by atoms with Gasteiger partial charge in [0.2, 0.25) is 0 Å². The highest BCUT2D eigenvalue weighted by Crippen LogP contribution is 2.30. The number of rotatable bonds is 4. The third-order valence-corrected chi connectivity index (χ3v) is 4.30. The monoisotopic (exact) mass is 289 g/mol. The molecule has 1 saturated heterocycles. The third-order valence-electron chi connectivity index (χ3n) is 4.30. The molecule has 1 aromatic rings. The fourth-order valence-corrected chi connectivity index (χ4v) is 3.09. The van der Waals surface area contributed by atoms with Gasteiger partial charge >= 0.3 is 0 Å². The van der Waals surface area contributed by atoms with Crippen LogP contribution in [0.5, 0.6) is 0 Å². The third kappa shape index (κ3) is 3.97. The van der Waals surface area contributed by atoms with Gasteiger partial charge in [-0.15, -0.1) is 0 Å². The zero-order chi connectivity index (χ0) is 15.6. The standard InChI is InChI=1S/C18H31N3/c1-7-19-11-15-9-16(18(4,5)6)20-17(10-15)21-12-13(2)8-14(21)3/h9-10,13-14,19H,7-8,11-12H2,1-6H3. The molecule has 1 fully saturated rings. The summed E-state index contributed by atoms with van der Waals surface area (Å²) in [5.41, 5.74) is 2.63. The van der Waals surface area contributed by atoms with Crippen LogP contribution in [0.2, 0.25) is 0 Å². The Morgan fingerprint density at radius 3 is 2.52 bits per heavy atom. The highest BCUT2D eigenvalue weighted by atomic mass is 15.2. The number of nitrogens with one attached hydrogen (secondary N) is 1. The fraction of sp³-hybridized carbons (Fsp3) is 0.722. The average Bonchev–Trinajstić information content (AvgIpc) is 2.74. The molecule has 118 valence electrons. The minimum atomic E-state index is 0.0888. The lowest BCUT2D eigenvalue weighted by atomic mass is 9.90. The summed E-state index contributed by atoms with van der Waals surface area (Å²) in [7, 11) is 0. The molecule has 2 heterocycles. The molecule has 1 aliphatic heterocycles. The Balaban J connectivity index is 2.35. The van der Waals surface area contributed by atoms with Gasteiger partial charge in [-0.3, -0.25) is 0 Å². The predicted octanol–water partition coefficient (Wildman–Crippen LogP) is 3.72. The summed E-state index contributed by atoms with van der Waals surface area (Å²) in [6.45, 7) is 16.6. The molecule has 0 bridgehead atoms. The van der Waals surface area contributed by atoms with Crippen LogP contribution in [0.1, 0.15) is 59.2 Å². The molecule has 21 heavy (non-hydrogen) atoms. The number of hydrogen-bond acceptors (Lipinski definition) is 3. The lowest BCUT2D eigenvalue weighted by molar-refractivity contribution is 0.564. The van der Waals surface area contributed by atoms with E-state index in [1.54, 1.807) is 0 Å². The van der Waals surface area contributed by atoms with Crippen molar-refractivity contribution in [2.24, 2.45) is 5.92 Å². The molecule has 1 aromatic heterocycles. The molecule has 1 aliphatic rings. The van der Waals surface area contributed by atoms with Gasteiger partial charge in [0.25, 0.3) is 0 Å². The van der Waals surface area contributed by atoms with Gasteiger partial charge in [0.05, 0.1) is 0 Å². The summed E-state index contributed by atoms with van der Waals surface area (Å²) < 4.78 is 0. The van der Waals surface area contributed by atoms with Crippen LogP contribution in [-0.4, -0.2) is 24.1 Å². The smallest absolute Gasteiger partial charge is 0.129 e. The molecular weight excluding hydrogens is 258 g/mol. The van der Waals surface area contributed by atoms with Crippen molar-refractivity contribution < 1.29 is 0 Å². The Morgan fingerprint density at radius 1 is 1.29 bits per heavy atom. The van der Waals surface area contributed by atoms with Crippen molar-refractivity contribution >= 4 is 5.82 Å². The molecule has 0 aromatic carbocycles. The lowest BCUT2D eigenvalue weighted by Gasteiger charge is -2.27. The normalized spacial score (nSPS) is 22.9. The first kappa shape index (κ1) is 16.3. The average molecular weight is 289 g/mol. The van der Waals surface area contributed by atoms with E-state index in [9.17, 15) is 0 Å². The molecule has 2 rings (SSSR count). The number of aromatic nitrogens is 1. The molecule has 0 amide bonds. The second-order valence-electron chi connectivity index (χ2n) is 7.59.